The summed E-state index contributed by atoms with van der Waals surface area (Å²) in [5.74, 6) is 0.189. The standard InChI is InChI=1S/C15H20BrClN2O/c1-2-3-4-13(19-9-7-18-8-10-19)14-11(16)5-6-12(17)15(14)20/h2,5-6,13,18,20H,1,3-4,7-10H2/t13-/m1/s1. The number of nitrogens with one attached hydrogen (secondary N) is 1. The number of hydrogen-bond donors (Lipinski definition) is 2. The fourth-order valence-electron chi connectivity index (χ4n) is 2.65. The molecule has 0 amide bonds. The number of phenols is 1. The maximum atomic E-state index is 10.3. The second-order valence-corrected chi connectivity index (χ2v) is 6.22. The summed E-state index contributed by atoms with van der Waals surface area (Å²) in [6.07, 6.45) is 3.76. The van der Waals surface area contributed by atoms with Crippen molar-refractivity contribution in [3.63, 3.8) is 0 Å². The van der Waals surface area contributed by atoms with E-state index in [0.717, 1.165) is 49.1 Å². The van der Waals surface area contributed by atoms with Crippen LogP contribution in [0.5, 0.6) is 5.75 Å². The Bertz CT molecular complexity index is 475. The molecule has 1 saturated heterocycles. The number of benzene rings is 1. The summed E-state index contributed by atoms with van der Waals surface area (Å²) < 4.78 is 0.909. The van der Waals surface area contributed by atoms with Gasteiger partial charge in [-0.1, -0.05) is 33.6 Å². The Morgan fingerprint density at radius 3 is 2.80 bits per heavy atom. The van der Waals surface area contributed by atoms with Crippen LogP contribution in [0, 0.1) is 0 Å². The van der Waals surface area contributed by atoms with E-state index >= 15 is 0 Å². The molecule has 1 fully saturated rings. The minimum absolute atomic E-state index is 0.156. The maximum Gasteiger partial charge on any atom is 0.140 e. The third-order valence-electron chi connectivity index (χ3n) is 3.68. The number of phenolic OH excluding ortho intramolecular Hbond substituents is 1. The molecule has 110 valence electrons. The van der Waals surface area contributed by atoms with E-state index < -0.39 is 0 Å². The van der Waals surface area contributed by atoms with Gasteiger partial charge >= 0.3 is 0 Å². The lowest BCUT2D eigenvalue weighted by Gasteiger charge is -2.36. The Labute approximate surface area is 133 Å². The van der Waals surface area contributed by atoms with Gasteiger partial charge in [0.25, 0.3) is 0 Å². The smallest absolute Gasteiger partial charge is 0.140 e. The van der Waals surface area contributed by atoms with Crippen LogP contribution in [0.1, 0.15) is 24.4 Å². The molecule has 2 rings (SSSR count). The number of rotatable bonds is 5. The lowest BCUT2D eigenvalue weighted by atomic mass is 9.98. The van der Waals surface area contributed by atoms with Crippen molar-refractivity contribution in [2.75, 3.05) is 26.2 Å². The molecule has 1 aromatic rings. The van der Waals surface area contributed by atoms with Crippen LogP contribution >= 0.6 is 27.5 Å². The second kappa shape index (κ2) is 7.46. The van der Waals surface area contributed by atoms with Gasteiger partial charge in [-0.05, 0) is 25.0 Å². The van der Waals surface area contributed by atoms with E-state index in [-0.39, 0.29) is 11.8 Å². The van der Waals surface area contributed by atoms with E-state index in [0.29, 0.717) is 5.02 Å². The van der Waals surface area contributed by atoms with Gasteiger partial charge in [-0.25, -0.2) is 0 Å². The molecule has 5 heteroatoms. The molecule has 0 aliphatic carbocycles. The normalized spacial score (nSPS) is 17.9. The minimum atomic E-state index is 0.156. The molecule has 2 N–H and O–H groups in total. The zero-order chi connectivity index (χ0) is 14.5. The van der Waals surface area contributed by atoms with Crippen LogP contribution in [-0.2, 0) is 0 Å². The first-order valence-electron chi connectivity index (χ1n) is 6.87. The van der Waals surface area contributed by atoms with Crippen LogP contribution in [-0.4, -0.2) is 36.2 Å². The molecule has 1 heterocycles. The van der Waals surface area contributed by atoms with E-state index in [9.17, 15) is 5.11 Å². The molecule has 20 heavy (non-hydrogen) atoms. The molecular formula is C15H20BrClN2O. The third kappa shape index (κ3) is 3.55. The molecule has 0 unspecified atom stereocenters. The van der Waals surface area contributed by atoms with Crippen LogP contribution in [0.25, 0.3) is 0 Å². The zero-order valence-electron chi connectivity index (χ0n) is 11.4. The fourth-order valence-corrected chi connectivity index (χ4v) is 3.40. The molecule has 1 aliphatic heterocycles. The summed E-state index contributed by atoms with van der Waals surface area (Å²) in [7, 11) is 0. The Morgan fingerprint density at radius 2 is 2.15 bits per heavy atom. The van der Waals surface area contributed by atoms with E-state index in [1.54, 1.807) is 6.07 Å². The molecule has 1 aliphatic rings. The third-order valence-corrected chi connectivity index (χ3v) is 4.68. The summed E-state index contributed by atoms with van der Waals surface area (Å²) in [4.78, 5) is 2.40. The summed E-state index contributed by atoms with van der Waals surface area (Å²) in [6, 6.07) is 3.77. The Hall–Kier alpha value is -0.550. The van der Waals surface area contributed by atoms with Crippen molar-refractivity contribution in [2.45, 2.75) is 18.9 Å². The molecular weight excluding hydrogens is 340 g/mol. The van der Waals surface area contributed by atoms with Crippen LogP contribution in [0.3, 0.4) is 0 Å². The Balaban J connectivity index is 2.34. The second-order valence-electron chi connectivity index (χ2n) is 4.96. The summed E-state index contributed by atoms with van der Waals surface area (Å²) in [5.41, 5.74) is 0.890. The first-order valence-corrected chi connectivity index (χ1v) is 8.04. The molecule has 0 saturated carbocycles. The maximum absolute atomic E-state index is 10.3. The van der Waals surface area contributed by atoms with Crippen LogP contribution in [0.4, 0.5) is 0 Å². The topological polar surface area (TPSA) is 35.5 Å². The van der Waals surface area contributed by atoms with E-state index in [2.05, 4.69) is 32.7 Å². The summed E-state index contributed by atoms with van der Waals surface area (Å²) in [6.45, 7) is 7.70. The van der Waals surface area contributed by atoms with Crippen molar-refractivity contribution in [1.82, 2.24) is 10.2 Å². The minimum Gasteiger partial charge on any atom is -0.506 e. The predicted molar refractivity (Wildman–Crippen MR) is 87.4 cm³/mol. The number of nitrogens with zero attached hydrogens (tertiary/aromatic N) is 1. The number of aromatic hydroxyl groups is 1. The van der Waals surface area contributed by atoms with Gasteiger partial charge in [0.1, 0.15) is 5.75 Å². The Morgan fingerprint density at radius 1 is 1.45 bits per heavy atom. The highest BCUT2D eigenvalue weighted by molar-refractivity contribution is 9.10. The van der Waals surface area contributed by atoms with Crippen LogP contribution in [0.2, 0.25) is 5.02 Å². The molecule has 0 aromatic heterocycles. The Kier molecular flexibility index (Phi) is 5.90. The van der Waals surface area contributed by atoms with Crippen molar-refractivity contribution in [3.8, 4) is 5.75 Å². The SMILES string of the molecule is C=CCC[C@H](c1c(Br)ccc(Cl)c1O)N1CCNCC1. The quantitative estimate of drug-likeness (QED) is 0.787. The average Bonchev–Trinajstić information content (AvgIpc) is 2.47. The van der Waals surface area contributed by atoms with Crippen molar-refractivity contribution in [1.29, 1.82) is 0 Å². The van der Waals surface area contributed by atoms with E-state index in [4.69, 9.17) is 11.6 Å². The van der Waals surface area contributed by atoms with Crippen LogP contribution < -0.4 is 5.32 Å². The number of hydrogen-bond acceptors (Lipinski definition) is 3. The van der Waals surface area contributed by atoms with Gasteiger partial charge in [0.15, 0.2) is 0 Å². The van der Waals surface area contributed by atoms with Gasteiger partial charge in [-0.15, -0.1) is 6.58 Å². The van der Waals surface area contributed by atoms with Crippen LogP contribution in [0.15, 0.2) is 29.3 Å². The number of piperazine rings is 1. The van der Waals surface area contributed by atoms with Crippen molar-refractivity contribution in [2.24, 2.45) is 0 Å². The van der Waals surface area contributed by atoms with Crippen molar-refractivity contribution < 1.29 is 5.11 Å². The lowest BCUT2D eigenvalue weighted by Crippen LogP contribution is -2.45. The lowest BCUT2D eigenvalue weighted by molar-refractivity contribution is 0.163. The van der Waals surface area contributed by atoms with E-state index in [1.165, 1.54) is 0 Å². The van der Waals surface area contributed by atoms with Gasteiger partial charge in [-0.3, -0.25) is 4.90 Å². The van der Waals surface area contributed by atoms with Gasteiger partial charge in [-0.2, -0.15) is 0 Å². The van der Waals surface area contributed by atoms with Gasteiger partial charge in [0.2, 0.25) is 0 Å². The largest absolute Gasteiger partial charge is 0.506 e. The van der Waals surface area contributed by atoms with Gasteiger partial charge < -0.3 is 10.4 Å². The highest BCUT2D eigenvalue weighted by atomic mass is 79.9. The van der Waals surface area contributed by atoms with Crippen molar-refractivity contribution in [3.05, 3.63) is 39.8 Å². The average molecular weight is 360 g/mol. The zero-order valence-corrected chi connectivity index (χ0v) is 13.8. The van der Waals surface area contributed by atoms with E-state index in [1.807, 2.05) is 12.1 Å². The number of allylic oxidation sites excluding steroid dienone is 1. The summed E-state index contributed by atoms with van der Waals surface area (Å²) >= 11 is 9.63. The first kappa shape index (κ1) is 15.8. The molecule has 0 bridgehead atoms. The first-order chi connectivity index (χ1) is 9.65. The predicted octanol–water partition coefficient (Wildman–Crippen LogP) is 3.72. The highest BCUT2D eigenvalue weighted by Crippen LogP contribution is 2.41. The highest BCUT2D eigenvalue weighted by Gasteiger charge is 2.26. The molecule has 0 spiro atoms. The molecule has 1 aromatic carbocycles. The fraction of sp³-hybridized carbons (Fsp3) is 0.467. The van der Waals surface area contributed by atoms with Gasteiger partial charge in [0, 0.05) is 42.3 Å². The summed E-state index contributed by atoms with van der Waals surface area (Å²) in [5, 5.41) is 14.1. The van der Waals surface area contributed by atoms with Gasteiger partial charge in [0.05, 0.1) is 5.02 Å². The number of halogens is 2. The molecule has 0 radical (unpaired) electrons. The monoisotopic (exact) mass is 358 g/mol. The molecule has 3 nitrogen and oxygen atoms in total. The molecule has 1 atom stereocenters. The van der Waals surface area contributed by atoms with Crippen molar-refractivity contribution >= 4 is 27.5 Å².